The van der Waals surface area contributed by atoms with Crippen molar-refractivity contribution < 1.29 is 9.47 Å². The molecule has 2 atom stereocenters. The van der Waals surface area contributed by atoms with E-state index in [-0.39, 0.29) is 6.10 Å². The van der Waals surface area contributed by atoms with Gasteiger partial charge in [-0.15, -0.1) is 0 Å². The van der Waals surface area contributed by atoms with Crippen LogP contribution in [0.5, 0.6) is 11.5 Å². The zero-order chi connectivity index (χ0) is 14.4. The second-order valence-corrected chi connectivity index (χ2v) is 5.53. The Morgan fingerprint density at radius 2 is 1.95 bits per heavy atom. The van der Waals surface area contributed by atoms with Crippen LogP contribution in [0, 0.1) is 0 Å². The van der Waals surface area contributed by atoms with Crippen molar-refractivity contribution in [2.24, 2.45) is 0 Å². The number of nitrogens with one attached hydrogen (secondary N) is 1. The molecular formula is C17H27NO2. The highest BCUT2D eigenvalue weighted by Gasteiger charge is 2.24. The van der Waals surface area contributed by atoms with Gasteiger partial charge in [0.2, 0.25) is 0 Å². The molecule has 20 heavy (non-hydrogen) atoms. The van der Waals surface area contributed by atoms with E-state index in [4.69, 9.17) is 9.47 Å². The molecule has 2 unspecified atom stereocenters. The Bertz CT molecular complexity index is 419. The number of likely N-dealkylation sites (N-methyl/N-ethyl adjacent to an activating group) is 1. The normalized spacial score (nSPS) is 23.1. The van der Waals surface area contributed by atoms with Crippen molar-refractivity contribution in [3.8, 4) is 11.5 Å². The number of hydrogen-bond donors (Lipinski definition) is 1. The van der Waals surface area contributed by atoms with Gasteiger partial charge in [-0.05, 0) is 50.4 Å². The van der Waals surface area contributed by atoms with Crippen LogP contribution in [0.3, 0.4) is 0 Å². The minimum absolute atomic E-state index is 0.240. The monoisotopic (exact) mass is 277 g/mol. The molecule has 0 spiro atoms. The Kier molecular flexibility index (Phi) is 5.72. The Balaban J connectivity index is 2.14. The molecular weight excluding hydrogens is 250 g/mol. The van der Waals surface area contributed by atoms with E-state index in [1.54, 1.807) is 7.11 Å². The molecule has 2 rings (SSSR count). The maximum Gasteiger partial charge on any atom is 0.161 e. The summed E-state index contributed by atoms with van der Waals surface area (Å²) in [6.45, 7) is 2.15. The first kappa shape index (κ1) is 15.2. The first-order valence-corrected chi connectivity index (χ1v) is 7.79. The summed E-state index contributed by atoms with van der Waals surface area (Å²) in [4.78, 5) is 0. The van der Waals surface area contributed by atoms with Crippen LogP contribution in [-0.4, -0.2) is 26.3 Å². The lowest BCUT2D eigenvalue weighted by Gasteiger charge is -2.26. The lowest BCUT2D eigenvalue weighted by Crippen LogP contribution is -2.40. The van der Waals surface area contributed by atoms with E-state index in [9.17, 15) is 0 Å². The fraction of sp³-hybridized carbons (Fsp3) is 0.647. The summed E-state index contributed by atoms with van der Waals surface area (Å²) in [6.07, 6.45) is 7.41. The van der Waals surface area contributed by atoms with Crippen LogP contribution in [-0.2, 0) is 6.42 Å². The standard InChI is InChI=1S/C17H27NO2/c1-4-13-10-11-16(17(12-13)19-3)20-15-9-7-5-6-8-14(15)18-2/h10-12,14-15,18H,4-9H2,1-3H3. The minimum atomic E-state index is 0.240. The molecule has 0 aromatic heterocycles. The lowest BCUT2D eigenvalue weighted by atomic mass is 10.1. The Morgan fingerprint density at radius 3 is 2.65 bits per heavy atom. The van der Waals surface area contributed by atoms with Crippen molar-refractivity contribution in [2.75, 3.05) is 14.2 Å². The fourth-order valence-electron chi connectivity index (χ4n) is 2.94. The average Bonchev–Trinajstić information content (AvgIpc) is 2.72. The van der Waals surface area contributed by atoms with Crippen LogP contribution in [0.25, 0.3) is 0 Å². The second-order valence-electron chi connectivity index (χ2n) is 5.53. The first-order valence-electron chi connectivity index (χ1n) is 7.79. The van der Waals surface area contributed by atoms with Gasteiger partial charge in [0.1, 0.15) is 6.10 Å². The number of benzene rings is 1. The molecule has 1 saturated carbocycles. The predicted octanol–water partition coefficient (Wildman–Crippen LogP) is 3.56. The van der Waals surface area contributed by atoms with E-state index in [1.165, 1.54) is 31.2 Å². The van der Waals surface area contributed by atoms with Gasteiger partial charge in [0.05, 0.1) is 7.11 Å². The quantitative estimate of drug-likeness (QED) is 0.835. The van der Waals surface area contributed by atoms with Crippen LogP contribution in [0.4, 0.5) is 0 Å². The van der Waals surface area contributed by atoms with Gasteiger partial charge >= 0.3 is 0 Å². The molecule has 1 aliphatic carbocycles. The summed E-state index contributed by atoms with van der Waals surface area (Å²) in [5.41, 5.74) is 1.28. The molecule has 1 aromatic rings. The average molecular weight is 277 g/mol. The molecule has 1 fully saturated rings. The number of hydrogen-bond acceptors (Lipinski definition) is 3. The molecule has 3 heteroatoms. The van der Waals surface area contributed by atoms with Gasteiger partial charge in [-0.1, -0.05) is 25.8 Å². The smallest absolute Gasteiger partial charge is 0.161 e. The van der Waals surface area contributed by atoms with Crippen molar-refractivity contribution in [3.63, 3.8) is 0 Å². The van der Waals surface area contributed by atoms with Crippen molar-refractivity contribution in [2.45, 2.75) is 57.6 Å². The third-order valence-electron chi connectivity index (χ3n) is 4.24. The summed E-state index contributed by atoms with van der Waals surface area (Å²) in [7, 11) is 3.74. The second kappa shape index (κ2) is 7.53. The van der Waals surface area contributed by atoms with Crippen LogP contribution >= 0.6 is 0 Å². The predicted molar refractivity (Wildman–Crippen MR) is 82.7 cm³/mol. The van der Waals surface area contributed by atoms with E-state index in [0.29, 0.717) is 6.04 Å². The third kappa shape index (κ3) is 3.66. The summed E-state index contributed by atoms with van der Waals surface area (Å²) < 4.78 is 11.8. The van der Waals surface area contributed by atoms with E-state index in [0.717, 1.165) is 24.3 Å². The van der Waals surface area contributed by atoms with Gasteiger partial charge in [-0.3, -0.25) is 0 Å². The number of methoxy groups -OCH3 is 1. The molecule has 0 heterocycles. The Hall–Kier alpha value is -1.22. The van der Waals surface area contributed by atoms with Crippen molar-refractivity contribution in [1.29, 1.82) is 0 Å². The summed E-state index contributed by atoms with van der Waals surface area (Å²) in [6, 6.07) is 6.70. The van der Waals surface area contributed by atoms with Gasteiger partial charge in [0.15, 0.2) is 11.5 Å². The number of aryl methyl sites for hydroxylation is 1. The van der Waals surface area contributed by atoms with Gasteiger partial charge in [-0.25, -0.2) is 0 Å². The van der Waals surface area contributed by atoms with Crippen molar-refractivity contribution >= 4 is 0 Å². The van der Waals surface area contributed by atoms with Crippen LogP contribution in [0.15, 0.2) is 18.2 Å². The molecule has 0 amide bonds. The lowest BCUT2D eigenvalue weighted by molar-refractivity contribution is 0.143. The summed E-state index contributed by atoms with van der Waals surface area (Å²) in [5, 5.41) is 3.41. The highest BCUT2D eigenvalue weighted by atomic mass is 16.5. The molecule has 112 valence electrons. The maximum atomic E-state index is 6.27. The number of rotatable bonds is 5. The molecule has 3 nitrogen and oxygen atoms in total. The van der Waals surface area contributed by atoms with Crippen LogP contribution < -0.4 is 14.8 Å². The Morgan fingerprint density at radius 1 is 1.15 bits per heavy atom. The van der Waals surface area contributed by atoms with Gasteiger partial charge in [0, 0.05) is 6.04 Å². The Labute approximate surface area is 122 Å². The van der Waals surface area contributed by atoms with E-state index in [1.807, 2.05) is 7.05 Å². The first-order chi connectivity index (χ1) is 9.78. The van der Waals surface area contributed by atoms with Crippen LogP contribution in [0.2, 0.25) is 0 Å². The summed E-state index contributed by atoms with van der Waals surface area (Å²) >= 11 is 0. The maximum absolute atomic E-state index is 6.27. The molecule has 0 bridgehead atoms. The molecule has 0 saturated heterocycles. The molecule has 0 aliphatic heterocycles. The zero-order valence-electron chi connectivity index (χ0n) is 12.9. The van der Waals surface area contributed by atoms with E-state index in [2.05, 4.69) is 30.4 Å². The van der Waals surface area contributed by atoms with E-state index < -0.39 is 0 Å². The summed E-state index contributed by atoms with van der Waals surface area (Å²) in [5.74, 6) is 1.72. The highest BCUT2D eigenvalue weighted by Crippen LogP contribution is 2.31. The topological polar surface area (TPSA) is 30.5 Å². The largest absolute Gasteiger partial charge is 0.493 e. The minimum Gasteiger partial charge on any atom is -0.493 e. The van der Waals surface area contributed by atoms with Gasteiger partial charge in [-0.2, -0.15) is 0 Å². The fourth-order valence-corrected chi connectivity index (χ4v) is 2.94. The highest BCUT2D eigenvalue weighted by molar-refractivity contribution is 5.43. The van der Waals surface area contributed by atoms with Crippen molar-refractivity contribution in [3.05, 3.63) is 23.8 Å². The third-order valence-corrected chi connectivity index (χ3v) is 4.24. The van der Waals surface area contributed by atoms with E-state index >= 15 is 0 Å². The molecule has 1 aromatic carbocycles. The van der Waals surface area contributed by atoms with Gasteiger partial charge < -0.3 is 14.8 Å². The van der Waals surface area contributed by atoms with Gasteiger partial charge in [0.25, 0.3) is 0 Å². The SMILES string of the molecule is CCc1ccc(OC2CCCCCC2NC)c(OC)c1. The van der Waals surface area contributed by atoms with Crippen molar-refractivity contribution in [1.82, 2.24) is 5.32 Å². The number of ether oxygens (including phenoxy) is 2. The molecule has 1 aliphatic rings. The molecule has 0 radical (unpaired) electrons. The van der Waals surface area contributed by atoms with Crippen LogP contribution in [0.1, 0.15) is 44.6 Å². The zero-order valence-corrected chi connectivity index (χ0v) is 12.9. The molecule has 1 N–H and O–H groups in total.